The van der Waals surface area contributed by atoms with Crippen LogP contribution in [0.1, 0.15) is 30.9 Å². The molecule has 3 aliphatic heterocycles. The van der Waals surface area contributed by atoms with E-state index in [4.69, 9.17) is 26.2 Å². The highest BCUT2D eigenvalue weighted by molar-refractivity contribution is 5.83. The lowest BCUT2D eigenvalue weighted by Gasteiger charge is -2.47. The van der Waals surface area contributed by atoms with Gasteiger partial charge in [0.05, 0.1) is 0 Å². The van der Waals surface area contributed by atoms with E-state index in [2.05, 4.69) is 35.2 Å². The highest BCUT2D eigenvalue weighted by Gasteiger charge is 2.36. The number of hydrogen-bond donors (Lipinski definition) is 5. The molecule has 26 heavy (non-hydrogen) atoms. The molecule has 0 aromatic heterocycles. The summed E-state index contributed by atoms with van der Waals surface area (Å²) in [5, 5.41) is 32.5. The zero-order valence-corrected chi connectivity index (χ0v) is 14.4. The minimum atomic E-state index is -2.27. The Labute approximate surface area is 151 Å². The van der Waals surface area contributed by atoms with Crippen molar-refractivity contribution >= 4 is 11.9 Å². The van der Waals surface area contributed by atoms with Crippen LogP contribution in [0.3, 0.4) is 0 Å². The average molecular weight is 366 g/mol. The Morgan fingerprint density at radius 2 is 1.50 bits per heavy atom. The summed E-state index contributed by atoms with van der Waals surface area (Å²) >= 11 is 0. The van der Waals surface area contributed by atoms with E-state index in [1.54, 1.807) is 0 Å². The van der Waals surface area contributed by atoms with E-state index in [9.17, 15) is 9.59 Å². The normalized spacial score (nSPS) is 27.6. The number of nitrogens with two attached hydrogens (primary N) is 1. The molecule has 3 saturated heterocycles. The lowest BCUT2D eigenvalue weighted by molar-refractivity contribution is -0.165. The number of carbonyl (C=O) groups is 2. The van der Waals surface area contributed by atoms with Gasteiger partial charge in [0.15, 0.2) is 12.2 Å². The van der Waals surface area contributed by atoms with Crippen molar-refractivity contribution < 1.29 is 30.0 Å². The number of carboxylic acids is 2. The van der Waals surface area contributed by atoms with E-state index < -0.39 is 24.1 Å². The molecule has 0 amide bonds. The van der Waals surface area contributed by atoms with Crippen LogP contribution in [0, 0.1) is 5.92 Å². The summed E-state index contributed by atoms with van der Waals surface area (Å²) < 4.78 is 0. The molecule has 3 heterocycles. The molecule has 0 saturated carbocycles. The minimum absolute atomic E-state index is 0.198. The molecule has 144 valence electrons. The Hall–Kier alpha value is -2.00. The summed E-state index contributed by atoms with van der Waals surface area (Å²) in [4.78, 5) is 22.1. The van der Waals surface area contributed by atoms with Crippen LogP contribution in [0.5, 0.6) is 0 Å². The molecule has 4 atom stereocenters. The number of aliphatic carboxylic acids is 2. The molecule has 3 aliphatic rings. The number of rotatable bonds is 5. The van der Waals surface area contributed by atoms with Gasteiger partial charge in [-0.3, -0.25) is 4.90 Å². The molecule has 1 aromatic carbocycles. The zero-order chi connectivity index (χ0) is 19.3. The van der Waals surface area contributed by atoms with Gasteiger partial charge in [-0.25, -0.2) is 9.59 Å². The number of hydrogen-bond acceptors (Lipinski definition) is 6. The molecule has 0 radical (unpaired) electrons. The van der Waals surface area contributed by atoms with Crippen LogP contribution in [0.25, 0.3) is 0 Å². The van der Waals surface area contributed by atoms with Crippen LogP contribution in [-0.4, -0.2) is 68.6 Å². The monoisotopic (exact) mass is 366 g/mol. The maximum atomic E-state index is 9.77. The molecule has 8 nitrogen and oxygen atoms in total. The van der Waals surface area contributed by atoms with Gasteiger partial charge in [-0.1, -0.05) is 30.3 Å². The molecule has 0 aliphatic carbocycles. The van der Waals surface area contributed by atoms with Crippen LogP contribution < -0.4 is 5.73 Å². The second kappa shape index (κ2) is 9.09. The summed E-state index contributed by atoms with van der Waals surface area (Å²) in [5.74, 6) is -2.60. The van der Waals surface area contributed by atoms with Crippen molar-refractivity contribution in [1.29, 1.82) is 0 Å². The van der Waals surface area contributed by atoms with E-state index in [1.165, 1.54) is 37.9 Å². The first kappa shape index (κ1) is 20.3. The molecule has 4 rings (SSSR count). The van der Waals surface area contributed by atoms with Gasteiger partial charge in [-0.2, -0.15) is 0 Å². The maximum Gasteiger partial charge on any atom is 0.335 e. The predicted octanol–water partition coefficient (Wildman–Crippen LogP) is 0.0481. The number of aliphatic hydroxyl groups excluding tert-OH is 2. The first-order valence-electron chi connectivity index (χ1n) is 8.67. The van der Waals surface area contributed by atoms with Gasteiger partial charge in [0.1, 0.15) is 0 Å². The first-order valence-corrected chi connectivity index (χ1v) is 8.67. The van der Waals surface area contributed by atoms with E-state index >= 15 is 0 Å². The average Bonchev–Trinajstić information content (AvgIpc) is 2.68. The Bertz CT molecular complexity index is 585. The second-order valence-electron chi connectivity index (χ2n) is 6.79. The van der Waals surface area contributed by atoms with Crippen LogP contribution in [0.4, 0.5) is 0 Å². The van der Waals surface area contributed by atoms with Crippen molar-refractivity contribution in [3.8, 4) is 0 Å². The van der Waals surface area contributed by atoms with Gasteiger partial charge in [-0.15, -0.1) is 0 Å². The fraction of sp³-hybridized carbons (Fsp3) is 0.556. The predicted molar refractivity (Wildman–Crippen MR) is 93.4 cm³/mol. The van der Waals surface area contributed by atoms with Crippen molar-refractivity contribution in [3.63, 3.8) is 0 Å². The topological polar surface area (TPSA) is 144 Å². The second-order valence-corrected chi connectivity index (χ2v) is 6.79. The Morgan fingerprint density at radius 1 is 1.00 bits per heavy atom. The third kappa shape index (κ3) is 5.01. The number of fused-ring (bicyclic) bond motifs is 3. The lowest BCUT2D eigenvalue weighted by Crippen LogP contribution is -2.52. The number of aliphatic hydroxyl groups is 2. The molecule has 8 heteroatoms. The van der Waals surface area contributed by atoms with Crippen molar-refractivity contribution in [3.05, 3.63) is 35.9 Å². The highest BCUT2D eigenvalue weighted by atomic mass is 16.4. The van der Waals surface area contributed by atoms with Crippen molar-refractivity contribution in [2.45, 2.75) is 43.6 Å². The maximum absolute atomic E-state index is 9.77. The SMILES string of the molecule is N[C@@H](c1ccccc1)[C@@H]1CC2CCN1CC2.O=C(O)[C@@H](O)[C@H](O)C(=O)O. The number of carboxylic acid groups (broad SMARTS) is 2. The molecule has 0 spiro atoms. The summed E-state index contributed by atoms with van der Waals surface area (Å²) in [7, 11) is 0. The molecule has 0 unspecified atom stereocenters. The van der Waals surface area contributed by atoms with E-state index in [1.807, 2.05) is 0 Å². The minimum Gasteiger partial charge on any atom is -0.479 e. The van der Waals surface area contributed by atoms with E-state index in [-0.39, 0.29) is 6.04 Å². The van der Waals surface area contributed by atoms with Gasteiger partial charge < -0.3 is 26.2 Å². The molecular weight excluding hydrogens is 340 g/mol. The highest BCUT2D eigenvalue weighted by Crippen LogP contribution is 2.36. The van der Waals surface area contributed by atoms with Crippen LogP contribution in [-0.2, 0) is 9.59 Å². The third-order valence-electron chi connectivity index (χ3n) is 5.10. The molecule has 2 bridgehead atoms. The van der Waals surface area contributed by atoms with Crippen LogP contribution in [0.15, 0.2) is 30.3 Å². The van der Waals surface area contributed by atoms with E-state index in [0.29, 0.717) is 6.04 Å². The Kier molecular flexibility index (Phi) is 7.10. The molecule has 3 fully saturated rings. The van der Waals surface area contributed by atoms with Crippen molar-refractivity contribution in [2.24, 2.45) is 11.7 Å². The number of nitrogens with zero attached hydrogens (tertiary/aromatic N) is 1. The summed E-state index contributed by atoms with van der Waals surface area (Å²) in [5.41, 5.74) is 7.71. The molecule has 6 N–H and O–H groups in total. The molecule has 1 aromatic rings. The van der Waals surface area contributed by atoms with Gasteiger partial charge in [0.2, 0.25) is 0 Å². The number of piperidine rings is 3. The summed E-state index contributed by atoms with van der Waals surface area (Å²) in [6, 6.07) is 11.3. The smallest absolute Gasteiger partial charge is 0.335 e. The van der Waals surface area contributed by atoms with Crippen molar-refractivity contribution in [2.75, 3.05) is 13.1 Å². The molecular formula is C18H26N2O6. The fourth-order valence-corrected chi connectivity index (χ4v) is 3.55. The quantitative estimate of drug-likeness (QED) is 0.491. The zero-order valence-electron chi connectivity index (χ0n) is 14.4. The van der Waals surface area contributed by atoms with Gasteiger partial charge >= 0.3 is 11.9 Å². The van der Waals surface area contributed by atoms with Gasteiger partial charge in [0, 0.05) is 12.1 Å². The third-order valence-corrected chi connectivity index (χ3v) is 5.10. The summed E-state index contributed by atoms with van der Waals surface area (Å²) in [6.07, 6.45) is -0.457. The standard InChI is InChI=1S/C14H20N2.C4H6O6/c15-14(12-4-2-1-3-5-12)13-10-11-6-8-16(13)9-7-11;5-1(3(7)8)2(6)4(9)10/h1-5,11,13-14H,6-10,15H2;1-2,5-6H,(H,7,8)(H,9,10)/t13-,14-;1-,2-/m00/s1. The summed E-state index contributed by atoms with van der Waals surface area (Å²) in [6.45, 7) is 2.52. The Balaban J connectivity index is 0.000000213. The van der Waals surface area contributed by atoms with E-state index in [0.717, 1.165) is 5.92 Å². The van der Waals surface area contributed by atoms with Gasteiger partial charge in [0.25, 0.3) is 0 Å². The van der Waals surface area contributed by atoms with Crippen LogP contribution >= 0.6 is 0 Å². The Morgan fingerprint density at radius 3 is 1.88 bits per heavy atom. The number of benzene rings is 1. The van der Waals surface area contributed by atoms with Crippen molar-refractivity contribution in [1.82, 2.24) is 4.90 Å². The van der Waals surface area contributed by atoms with Crippen LogP contribution in [0.2, 0.25) is 0 Å². The first-order chi connectivity index (χ1) is 12.3. The lowest BCUT2D eigenvalue weighted by atomic mass is 9.79. The largest absolute Gasteiger partial charge is 0.479 e. The van der Waals surface area contributed by atoms with Gasteiger partial charge in [-0.05, 0) is 43.8 Å². The fourth-order valence-electron chi connectivity index (χ4n) is 3.55.